The molecule has 0 spiro atoms. The third-order valence-corrected chi connectivity index (χ3v) is 3.51. The summed E-state index contributed by atoms with van der Waals surface area (Å²) in [6.45, 7) is 6.29. The summed E-state index contributed by atoms with van der Waals surface area (Å²) in [6, 6.07) is -0.618. The number of piperidine rings is 1. The van der Waals surface area contributed by atoms with Gasteiger partial charge in [0.15, 0.2) is 0 Å². The number of rotatable bonds is 3. The second-order valence-corrected chi connectivity index (χ2v) is 5.09. The van der Waals surface area contributed by atoms with Crippen LogP contribution < -0.4 is 0 Å². The van der Waals surface area contributed by atoms with Crippen molar-refractivity contribution < 1.29 is 14.7 Å². The fourth-order valence-electron chi connectivity index (χ4n) is 1.97. The van der Waals surface area contributed by atoms with E-state index in [9.17, 15) is 9.59 Å². The summed E-state index contributed by atoms with van der Waals surface area (Å²) in [4.78, 5) is 24.9. The molecule has 1 heterocycles. The van der Waals surface area contributed by atoms with Gasteiger partial charge in [-0.05, 0) is 25.7 Å². The number of amides is 1. The van der Waals surface area contributed by atoms with Crippen molar-refractivity contribution in [3.05, 3.63) is 0 Å². The Labute approximate surface area is 96.6 Å². The normalized spacial score (nSPS) is 21.9. The molecule has 1 fully saturated rings. The van der Waals surface area contributed by atoms with E-state index in [0.29, 0.717) is 13.0 Å². The van der Waals surface area contributed by atoms with Crippen LogP contribution in [-0.4, -0.2) is 34.5 Å². The van der Waals surface area contributed by atoms with Crippen LogP contribution in [0.25, 0.3) is 0 Å². The SMILES string of the molecule is CCC(C)(C)C(=O)N1CCCCC1C(=O)O. The largest absolute Gasteiger partial charge is 0.480 e. The Kier molecular flexibility index (Phi) is 3.94. The fraction of sp³-hybridized carbons (Fsp3) is 0.833. The van der Waals surface area contributed by atoms with Gasteiger partial charge in [0, 0.05) is 12.0 Å². The molecular weight excluding hydrogens is 206 g/mol. The predicted molar refractivity (Wildman–Crippen MR) is 61.1 cm³/mol. The van der Waals surface area contributed by atoms with Crippen LogP contribution in [0.4, 0.5) is 0 Å². The molecule has 1 aliphatic heterocycles. The maximum Gasteiger partial charge on any atom is 0.326 e. The molecule has 16 heavy (non-hydrogen) atoms. The number of carbonyl (C=O) groups excluding carboxylic acids is 1. The number of hydrogen-bond donors (Lipinski definition) is 1. The van der Waals surface area contributed by atoms with E-state index in [0.717, 1.165) is 19.3 Å². The second kappa shape index (κ2) is 4.85. The standard InChI is InChI=1S/C12H21NO3/c1-4-12(2,3)11(16)13-8-6-5-7-9(13)10(14)15/h9H,4-8H2,1-3H3,(H,14,15). The third-order valence-electron chi connectivity index (χ3n) is 3.51. The van der Waals surface area contributed by atoms with Crippen LogP contribution in [0.15, 0.2) is 0 Å². The summed E-state index contributed by atoms with van der Waals surface area (Å²) in [7, 11) is 0. The smallest absolute Gasteiger partial charge is 0.326 e. The van der Waals surface area contributed by atoms with Gasteiger partial charge in [0.2, 0.25) is 5.91 Å². The monoisotopic (exact) mass is 227 g/mol. The summed E-state index contributed by atoms with van der Waals surface area (Å²) in [6.07, 6.45) is 3.12. The Morgan fingerprint density at radius 1 is 1.38 bits per heavy atom. The first-order valence-corrected chi connectivity index (χ1v) is 5.94. The summed E-state index contributed by atoms with van der Waals surface area (Å²) >= 11 is 0. The molecule has 4 nitrogen and oxygen atoms in total. The number of carboxylic acids is 1. The topological polar surface area (TPSA) is 57.6 Å². The summed E-state index contributed by atoms with van der Waals surface area (Å²) < 4.78 is 0. The average Bonchev–Trinajstić information content (AvgIpc) is 2.28. The molecule has 0 aliphatic carbocycles. The molecule has 1 atom stereocenters. The quantitative estimate of drug-likeness (QED) is 0.801. The molecule has 1 amide bonds. The van der Waals surface area contributed by atoms with Gasteiger partial charge in [-0.15, -0.1) is 0 Å². The lowest BCUT2D eigenvalue weighted by molar-refractivity contribution is -0.156. The summed E-state index contributed by atoms with van der Waals surface area (Å²) in [5.74, 6) is -0.901. The molecule has 1 N–H and O–H groups in total. The Balaban J connectivity index is 2.83. The van der Waals surface area contributed by atoms with Crippen LogP contribution in [0.2, 0.25) is 0 Å². The lowest BCUT2D eigenvalue weighted by Crippen LogP contribution is -2.52. The van der Waals surface area contributed by atoms with E-state index in [1.807, 2.05) is 20.8 Å². The minimum Gasteiger partial charge on any atom is -0.480 e. The minimum atomic E-state index is -0.875. The summed E-state index contributed by atoms with van der Waals surface area (Å²) in [5.41, 5.74) is -0.453. The highest BCUT2D eigenvalue weighted by Gasteiger charge is 2.38. The molecule has 1 saturated heterocycles. The zero-order valence-corrected chi connectivity index (χ0v) is 10.3. The van der Waals surface area contributed by atoms with Crippen molar-refractivity contribution in [2.24, 2.45) is 5.41 Å². The molecule has 0 saturated carbocycles. The Morgan fingerprint density at radius 2 is 2.00 bits per heavy atom. The van der Waals surface area contributed by atoms with E-state index in [1.54, 1.807) is 4.90 Å². The van der Waals surface area contributed by atoms with E-state index in [-0.39, 0.29) is 5.91 Å². The average molecular weight is 227 g/mol. The van der Waals surface area contributed by atoms with Gasteiger partial charge in [-0.3, -0.25) is 4.79 Å². The van der Waals surface area contributed by atoms with E-state index in [1.165, 1.54) is 0 Å². The van der Waals surface area contributed by atoms with Gasteiger partial charge in [-0.2, -0.15) is 0 Å². The molecule has 0 aromatic rings. The van der Waals surface area contributed by atoms with Crippen molar-refractivity contribution in [1.29, 1.82) is 0 Å². The van der Waals surface area contributed by atoms with Gasteiger partial charge in [0.25, 0.3) is 0 Å². The first kappa shape index (κ1) is 13.0. The first-order valence-electron chi connectivity index (χ1n) is 5.94. The highest BCUT2D eigenvalue weighted by atomic mass is 16.4. The van der Waals surface area contributed by atoms with Crippen LogP contribution in [0.5, 0.6) is 0 Å². The highest BCUT2D eigenvalue weighted by molar-refractivity contribution is 5.87. The number of carboxylic acid groups (broad SMARTS) is 1. The predicted octanol–water partition coefficient (Wildman–Crippen LogP) is 1.89. The molecule has 0 aromatic heterocycles. The molecule has 1 rings (SSSR count). The van der Waals surface area contributed by atoms with Gasteiger partial charge in [0.05, 0.1) is 0 Å². The van der Waals surface area contributed by atoms with Gasteiger partial charge in [0.1, 0.15) is 6.04 Å². The minimum absolute atomic E-state index is 0.0258. The number of aliphatic carboxylic acids is 1. The summed E-state index contributed by atoms with van der Waals surface area (Å²) in [5, 5.41) is 9.10. The van der Waals surface area contributed by atoms with Gasteiger partial charge in [-0.1, -0.05) is 20.8 Å². The van der Waals surface area contributed by atoms with Crippen molar-refractivity contribution in [2.75, 3.05) is 6.54 Å². The van der Waals surface area contributed by atoms with Crippen LogP contribution in [0, 0.1) is 5.41 Å². The molecule has 92 valence electrons. The van der Waals surface area contributed by atoms with E-state index >= 15 is 0 Å². The Morgan fingerprint density at radius 3 is 2.50 bits per heavy atom. The maximum atomic E-state index is 12.2. The molecule has 1 aliphatic rings. The Hall–Kier alpha value is -1.06. The Bertz CT molecular complexity index is 286. The third kappa shape index (κ3) is 2.54. The second-order valence-electron chi connectivity index (χ2n) is 5.09. The van der Waals surface area contributed by atoms with Crippen molar-refractivity contribution in [1.82, 2.24) is 4.90 Å². The number of likely N-dealkylation sites (tertiary alicyclic amines) is 1. The van der Waals surface area contributed by atoms with Crippen LogP contribution in [0.3, 0.4) is 0 Å². The van der Waals surface area contributed by atoms with Crippen molar-refractivity contribution >= 4 is 11.9 Å². The molecule has 0 radical (unpaired) electrons. The number of hydrogen-bond acceptors (Lipinski definition) is 2. The van der Waals surface area contributed by atoms with Crippen molar-refractivity contribution in [3.8, 4) is 0 Å². The first-order chi connectivity index (χ1) is 7.40. The zero-order valence-electron chi connectivity index (χ0n) is 10.3. The van der Waals surface area contributed by atoms with Gasteiger partial charge in [-0.25, -0.2) is 4.79 Å². The number of nitrogens with zero attached hydrogens (tertiary/aromatic N) is 1. The maximum absolute atomic E-state index is 12.2. The van der Waals surface area contributed by atoms with Gasteiger partial charge >= 0.3 is 5.97 Å². The zero-order chi connectivity index (χ0) is 12.3. The fourth-order valence-corrected chi connectivity index (χ4v) is 1.97. The van der Waals surface area contributed by atoms with E-state index in [2.05, 4.69) is 0 Å². The van der Waals surface area contributed by atoms with Crippen LogP contribution in [0.1, 0.15) is 46.5 Å². The molecule has 0 aromatic carbocycles. The van der Waals surface area contributed by atoms with Crippen LogP contribution >= 0.6 is 0 Å². The van der Waals surface area contributed by atoms with Gasteiger partial charge < -0.3 is 10.0 Å². The molecule has 1 unspecified atom stereocenters. The number of carbonyl (C=O) groups is 2. The van der Waals surface area contributed by atoms with Crippen molar-refractivity contribution in [3.63, 3.8) is 0 Å². The lowest BCUT2D eigenvalue weighted by Gasteiger charge is -2.38. The van der Waals surface area contributed by atoms with Crippen LogP contribution in [-0.2, 0) is 9.59 Å². The lowest BCUT2D eigenvalue weighted by atomic mass is 9.86. The van der Waals surface area contributed by atoms with Crippen molar-refractivity contribution in [2.45, 2.75) is 52.5 Å². The van der Waals surface area contributed by atoms with E-state index in [4.69, 9.17) is 5.11 Å². The molecule has 4 heteroatoms. The molecular formula is C12H21NO3. The van der Waals surface area contributed by atoms with E-state index < -0.39 is 17.4 Å². The highest BCUT2D eigenvalue weighted by Crippen LogP contribution is 2.27. The molecule has 0 bridgehead atoms.